The van der Waals surface area contributed by atoms with E-state index in [0.29, 0.717) is 16.5 Å². The summed E-state index contributed by atoms with van der Waals surface area (Å²) < 4.78 is 1.77. The number of nitrogens with two attached hydrogens (primary N) is 1. The maximum atomic E-state index is 10.8. The first-order valence-electron chi connectivity index (χ1n) is 5.43. The summed E-state index contributed by atoms with van der Waals surface area (Å²) in [7, 11) is 1.80. The molecule has 96 valence electrons. The molecule has 2 N–H and O–H groups in total. The number of hydrogen-bond donors (Lipinski definition) is 1. The van der Waals surface area contributed by atoms with Crippen LogP contribution in [0.5, 0.6) is 0 Å². The Hall–Kier alpha value is -2.33. The first kappa shape index (κ1) is 13.1. The van der Waals surface area contributed by atoms with Crippen molar-refractivity contribution in [3.05, 3.63) is 29.8 Å². The molecule has 7 heteroatoms. The van der Waals surface area contributed by atoms with Crippen molar-refractivity contribution in [2.45, 2.75) is 5.16 Å². The number of benzene rings is 1. The number of aromatic nitrogens is 3. The van der Waals surface area contributed by atoms with Crippen molar-refractivity contribution < 1.29 is 4.79 Å². The molecule has 0 radical (unpaired) electrons. The Morgan fingerprint density at radius 3 is 3.00 bits per heavy atom. The molecular formula is C12H11N5OS. The molecule has 1 heterocycles. The van der Waals surface area contributed by atoms with E-state index in [0.717, 1.165) is 5.56 Å². The van der Waals surface area contributed by atoms with Crippen molar-refractivity contribution in [2.24, 2.45) is 12.8 Å². The quantitative estimate of drug-likeness (QED) is 0.836. The number of thioether (sulfide) groups is 1. The molecule has 0 aliphatic heterocycles. The van der Waals surface area contributed by atoms with Crippen LogP contribution in [0.1, 0.15) is 5.56 Å². The van der Waals surface area contributed by atoms with Gasteiger partial charge in [-0.15, -0.1) is 10.2 Å². The Morgan fingerprint density at radius 2 is 2.32 bits per heavy atom. The van der Waals surface area contributed by atoms with Gasteiger partial charge < -0.3 is 10.3 Å². The average molecular weight is 273 g/mol. The molecule has 0 aliphatic carbocycles. The average Bonchev–Trinajstić information content (AvgIpc) is 2.78. The molecule has 0 fully saturated rings. The monoisotopic (exact) mass is 273 g/mol. The normalized spacial score (nSPS) is 10.1. The minimum absolute atomic E-state index is 0.157. The fraction of sp³-hybridized carbons (Fsp3) is 0.167. The fourth-order valence-electron chi connectivity index (χ4n) is 1.56. The zero-order valence-electron chi connectivity index (χ0n) is 10.2. The number of nitrogens with zero attached hydrogens (tertiary/aromatic N) is 4. The van der Waals surface area contributed by atoms with Gasteiger partial charge in [-0.3, -0.25) is 4.79 Å². The van der Waals surface area contributed by atoms with Gasteiger partial charge >= 0.3 is 0 Å². The Labute approximate surface area is 114 Å². The molecule has 0 saturated heterocycles. The minimum atomic E-state index is -0.402. The van der Waals surface area contributed by atoms with Crippen LogP contribution in [0.2, 0.25) is 0 Å². The molecule has 0 unspecified atom stereocenters. The van der Waals surface area contributed by atoms with Crippen LogP contribution in [-0.2, 0) is 11.8 Å². The van der Waals surface area contributed by atoms with Crippen molar-refractivity contribution >= 4 is 17.7 Å². The first-order chi connectivity index (χ1) is 9.11. The minimum Gasteiger partial charge on any atom is -0.369 e. The van der Waals surface area contributed by atoms with Gasteiger partial charge in [-0.2, -0.15) is 5.26 Å². The predicted octanol–water partition coefficient (Wildman–Crippen LogP) is 0.931. The van der Waals surface area contributed by atoms with E-state index < -0.39 is 5.91 Å². The van der Waals surface area contributed by atoms with E-state index in [2.05, 4.69) is 16.3 Å². The highest BCUT2D eigenvalue weighted by Crippen LogP contribution is 2.22. The van der Waals surface area contributed by atoms with E-state index in [4.69, 9.17) is 11.0 Å². The predicted molar refractivity (Wildman–Crippen MR) is 71.1 cm³/mol. The second-order valence-corrected chi connectivity index (χ2v) is 4.76. The van der Waals surface area contributed by atoms with Crippen molar-refractivity contribution in [3.8, 4) is 17.5 Å². The summed E-state index contributed by atoms with van der Waals surface area (Å²) in [4.78, 5) is 10.8. The van der Waals surface area contributed by atoms with Crippen LogP contribution in [0.25, 0.3) is 11.4 Å². The van der Waals surface area contributed by atoms with Gasteiger partial charge in [-0.25, -0.2) is 0 Å². The summed E-state index contributed by atoms with van der Waals surface area (Å²) in [6.07, 6.45) is 0. The molecule has 0 atom stereocenters. The molecule has 0 bridgehead atoms. The number of carbonyl (C=O) groups is 1. The van der Waals surface area contributed by atoms with Crippen molar-refractivity contribution in [1.29, 1.82) is 5.26 Å². The maximum Gasteiger partial charge on any atom is 0.227 e. The number of amides is 1. The van der Waals surface area contributed by atoms with Crippen LogP contribution >= 0.6 is 11.8 Å². The SMILES string of the molecule is Cn1c(SCC(N)=O)nnc1-c1cccc(C#N)c1. The number of rotatable bonds is 4. The lowest BCUT2D eigenvalue weighted by molar-refractivity contribution is -0.115. The highest BCUT2D eigenvalue weighted by atomic mass is 32.2. The van der Waals surface area contributed by atoms with Gasteiger partial charge in [-0.05, 0) is 12.1 Å². The van der Waals surface area contributed by atoms with Crippen molar-refractivity contribution in [3.63, 3.8) is 0 Å². The molecule has 0 spiro atoms. The van der Waals surface area contributed by atoms with Crippen LogP contribution < -0.4 is 5.73 Å². The molecule has 0 aliphatic rings. The Kier molecular flexibility index (Phi) is 3.82. The van der Waals surface area contributed by atoms with E-state index in [9.17, 15) is 4.79 Å². The van der Waals surface area contributed by atoms with Gasteiger partial charge in [0, 0.05) is 12.6 Å². The van der Waals surface area contributed by atoms with Crippen LogP contribution in [0.4, 0.5) is 0 Å². The van der Waals surface area contributed by atoms with Crippen LogP contribution in [0, 0.1) is 11.3 Å². The van der Waals surface area contributed by atoms with Crippen LogP contribution in [0.15, 0.2) is 29.4 Å². The third-order valence-corrected chi connectivity index (χ3v) is 3.47. The summed E-state index contributed by atoms with van der Waals surface area (Å²) in [6, 6.07) is 9.19. The largest absolute Gasteiger partial charge is 0.369 e. The Bertz CT molecular complexity index is 658. The highest BCUT2D eigenvalue weighted by molar-refractivity contribution is 7.99. The highest BCUT2D eigenvalue weighted by Gasteiger charge is 2.12. The van der Waals surface area contributed by atoms with Gasteiger partial charge in [-0.1, -0.05) is 23.9 Å². The molecular weight excluding hydrogens is 262 g/mol. The van der Waals surface area contributed by atoms with E-state index >= 15 is 0 Å². The summed E-state index contributed by atoms with van der Waals surface area (Å²) in [5.74, 6) is 0.398. The van der Waals surface area contributed by atoms with Gasteiger partial charge in [0.2, 0.25) is 5.91 Å². The van der Waals surface area contributed by atoms with E-state index in [1.165, 1.54) is 11.8 Å². The van der Waals surface area contributed by atoms with E-state index in [1.807, 2.05) is 6.07 Å². The fourth-order valence-corrected chi connectivity index (χ4v) is 2.21. The molecule has 19 heavy (non-hydrogen) atoms. The van der Waals surface area contributed by atoms with Crippen LogP contribution in [0.3, 0.4) is 0 Å². The number of primary amides is 1. The van der Waals surface area contributed by atoms with Crippen molar-refractivity contribution in [1.82, 2.24) is 14.8 Å². The molecule has 6 nitrogen and oxygen atoms in total. The zero-order valence-corrected chi connectivity index (χ0v) is 11.0. The standard InChI is InChI=1S/C12H11N5OS/c1-17-11(9-4-2-3-8(5-9)6-13)15-16-12(17)19-7-10(14)18/h2-5H,7H2,1H3,(H2,14,18). The van der Waals surface area contributed by atoms with Crippen LogP contribution in [-0.4, -0.2) is 26.4 Å². The number of hydrogen-bond acceptors (Lipinski definition) is 5. The topological polar surface area (TPSA) is 97.6 Å². The summed E-state index contributed by atoms with van der Waals surface area (Å²) >= 11 is 1.23. The van der Waals surface area contributed by atoms with Gasteiger partial charge in [0.15, 0.2) is 11.0 Å². The van der Waals surface area contributed by atoms with Crippen molar-refractivity contribution in [2.75, 3.05) is 5.75 Å². The molecule has 2 rings (SSSR count). The lowest BCUT2D eigenvalue weighted by Crippen LogP contribution is -2.13. The second kappa shape index (κ2) is 5.54. The summed E-state index contributed by atoms with van der Waals surface area (Å²) in [5.41, 5.74) is 6.46. The van der Waals surface area contributed by atoms with Gasteiger partial charge in [0.1, 0.15) is 0 Å². The number of carbonyl (C=O) groups excluding carboxylic acids is 1. The first-order valence-corrected chi connectivity index (χ1v) is 6.41. The zero-order chi connectivity index (χ0) is 13.8. The Morgan fingerprint density at radius 1 is 1.53 bits per heavy atom. The molecule has 1 aromatic carbocycles. The smallest absolute Gasteiger partial charge is 0.227 e. The van der Waals surface area contributed by atoms with Gasteiger partial charge in [0.05, 0.1) is 17.4 Å². The Balaban J connectivity index is 2.31. The van der Waals surface area contributed by atoms with E-state index in [-0.39, 0.29) is 5.75 Å². The lowest BCUT2D eigenvalue weighted by Gasteiger charge is -2.03. The lowest BCUT2D eigenvalue weighted by atomic mass is 10.1. The second-order valence-electron chi connectivity index (χ2n) is 3.81. The molecule has 1 amide bonds. The van der Waals surface area contributed by atoms with Gasteiger partial charge in [0.25, 0.3) is 0 Å². The molecule has 1 aromatic heterocycles. The van der Waals surface area contributed by atoms with E-state index in [1.54, 1.807) is 29.8 Å². The number of nitriles is 1. The molecule has 0 saturated carbocycles. The third kappa shape index (κ3) is 2.92. The molecule has 2 aromatic rings. The third-order valence-electron chi connectivity index (χ3n) is 2.43. The maximum absolute atomic E-state index is 10.8. The summed E-state index contributed by atoms with van der Waals surface area (Å²) in [5, 5.41) is 17.6. The summed E-state index contributed by atoms with van der Waals surface area (Å²) in [6.45, 7) is 0.